The number of nitrogens with one attached hydrogen (secondary N) is 1. The Morgan fingerprint density at radius 1 is 0.864 bits per heavy atom. The minimum absolute atomic E-state index is 0.103. The fraction of sp³-hybridized carbons (Fsp3) is 0.486. The Labute approximate surface area is 260 Å². The van der Waals surface area contributed by atoms with E-state index in [1.807, 2.05) is 72.8 Å². The Hall–Kier alpha value is -3.87. The Kier molecular flexibility index (Phi) is 8.92. The molecule has 4 fully saturated rings. The maximum atomic E-state index is 14.6. The summed E-state index contributed by atoms with van der Waals surface area (Å²) in [6.45, 7) is 3.84. The van der Waals surface area contributed by atoms with Gasteiger partial charge in [0.2, 0.25) is 5.91 Å². The van der Waals surface area contributed by atoms with Gasteiger partial charge in [-0.25, -0.2) is 4.79 Å². The molecule has 1 N–H and O–H groups in total. The highest BCUT2D eigenvalue weighted by Crippen LogP contribution is 2.54. The number of nitrogens with zero attached hydrogens (tertiary/aromatic N) is 1. The minimum Gasteiger partial charge on any atom is -0.465 e. The van der Waals surface area contributed by atoms with Gasteiger partial charge in [0.25, 0.3) is 0 Å². The molecule has 7 rings (SSSR count). The zero-order valence-electron chi connectivity index (χ0n) is 25.9. The van der Waals surface area contributed by atoms with Crippen molar-refractivity contribution in [3.05, 3.63) is 83.9 Å². The lowest BCUT2D eigenvalue weighted by atomic mass is 9.55. The molecule has 3 aromatic carbocycles. The number of carbonyl (C=O) groups is 3. The molecule has 4 aliphatic rings. The molecule has 4 saturated carbocycles. The van der Waals surface area contributed by atoms with Crippen LogP contribution < -0.4 is 5.32 Å². The first kappa shape index (κ1) is 30.2. The van der Waals surface area contributed by atoms with Gasteiger partial charge in [0.1, 0.15) is 18.2 Å². The van der Waals surface area contributed by atoms with Crippen LogP contribution in [0.4, 0.5) is 4.79 Å². The third-order valence-electron chi connectivity index (χ3n) is 10.1. The average molecular weight is 597 g/mol. The normalized spacial score (nSPS) is 24.8. The van der Waals surface area contributed by atoms with Crippen LogP contribution in [-0.4, -0.2) is 54.2 Å². The van der Waals surface area contributed by atoms with E-state index in [2.05, 4.69) is 5.32 Å². The summed E-state index contributed by atoms with van der Waals surface area (Å²) in [7, 11) is 0. The Morgan fingerprint density at radius 2 is 1.52 bits per heavy atom. The molecule has 0 saturated heterocycles. The molecular weight excluding hydrogens is 552 g/mol. The van der Waals surface area contributed by atoms with Gasteiger partial charge in [-0.1, -0.05) is 72.8 Å². The number of rotatable bonds is 11. The highest BCUT2D eigenvalue weighted by Gasteiger charge is 2.50. The molecule has 7 nitrogen and oxygen atoms in total. The van der Waals surface area contributed by atoms with Crippen molar-refractivity contribution in [2.24, 2.45) is 23.7 Å². The average Bonchev–Trinajstić information content (AvgIpc) is 3.01. The molecule has 1 unspecified atom stereocenters. The molecule has 0 aromatic heterocycles. The van der Waals surface area contributed by atoms with Gasteiger partial charge in [-0.15, -0.1) is 0 Å². The van der Waals surface area contributed by atoms with Gasteiger partial charge >= 0.3 is 12.1 Å². The smallest absolute Gasteiger partial charge is 0.408 e. The standard InChI is InChI=1S/C37H44N2O5/c1-3-43-33(40)24-39(17-16-25-10-5-4-6-11-25)35(41)37(2,23-29-14-9-13-28-12-7-8-15-32(28)29)38-36(42)44-34-30-19-26-18-27(21-30)22-31(34)20-26/h4-15,26-27,30-31,34H,3,16-24H2,1-2H3,(H,38,42). The van der Waals surface area contributed by atoms with Crippen LogP contribution in [0.15, 0.2) is 72.8 Å². The van der Waals surface area contributed by atoms with Crippen molar-refractivity contribution < 1.29 is 23.9 Å². The molecule has 0 radical (unpaired) electrons. The van der Waals surface area contributed by atoms with Crippen molar-refractivity contribution in [3.8, 4) is 0 Å². The van der Waals surface area contributed by atoms with Crippen LogP contribution in [0.2, 0.25) is 0 Å². The number of hydrogen-bond acceptors (Lipinski definition) is 5. The van der Waals surface area contributed by atoms with Crippen LogP contribution >= 0.6 is 0 Å². The van der Waals surface area contributed by atoms with Crippen LogP contribution in [0.5, 0.6) is 0 Å². The van der Waals surface area contributed by atoms with E-state index in [4.69, 9.17) is 9.47 Å². The summed E-state index contributed by atoms with van der Waals surface area (Å²) in [5, 5.41) is 5.12. The van der Waals surface area contributed by atoms with Crippen molar-refractivity contribution in [3.63, 3.8) is 0 Å². The Morgan fingerprint density at radius 3 is 2.23 bits per heavy atom. The van der Waals surface area contributed by atoms with Gasteiger partial charge in [-0.2, -0.15) is 0 Å². The van der Waals surface area contributed by atoms with E-state index >= 15 is 0 Å². The van der Waals surface area contributed by atoms with Gasteiger partial charge < -0.3 is 19.7 Å². The Bertz CT molecular complexity index is 1460. The third-order valence-corrected chi connectivity index (χ3v) is 10.1. The van der Waals surface area contributed by atoms with E-state index in [0.29, 0.717) is 24.8 Å². The van der Waals surface area contributed by atoms with Crippen LogP contribution in [0.1, 0.15) is 57.1 Å². The van der Waals surface area contributed by atoms with Crippen LogP contribution in [-0.2, 0) is 31.9 Å². The fourth-order valence-electron chi connectivity index (χ4n) is 8.32. The first-order valence-electron chi connectivity index (χ1n) is 16.3. The lowest BCUT2D eigenvalue weighted by Crippen LogP contribution is -2.61. The number of fused-ring (bicyclic) bond motifs is 1. The summed E-state index contributed by atoms with van der Waals surface area (Å²) in [5.41, 5.74) is 0.628. The number of benzene rings is 3. The van der Waals surface area contributed by atoms with E-state index in [1.54, 1.807) is 13.8 Å². The molecule has 4 bridgehead atoms. The minimum atomic E-state index is -1.36. The topological polar surface area (TPSA) is 84.9 Å². The SMILES string of the molecule is CCOC(=O)CN(CCc1ccccc1)C(=O)C(C)(Cc1cccc2ccccc12)NC(=O)OC1C2CC3CC(C2)CC1C3. The summed E-state index contributed by atoms with van der Waals surface area (Å²) in [5.74, 6) is 1.53. The number of ether oxygens (including phenoxy) is 2. The van der Waals surface area contributed by atoms with Crippen LogP contribution in [0.25, 0.3) is 10.8 Å². The summed E-state index contributed by atoms with van der Waals surface area (Å²) in [6, 6.07) is 23.9. The molecule has 0 spiro atoms. The zero-order chi connectivity index (χ0) is 30.7. The first-order valence-corrected chi connectivity index (χ1v) is 16.3. The first-order chi connectivity index (χ1) is 21.3. The van der Waals surface area contributed by atoms with E-state index < -0.39 is 17.6 Å². The number of esters is 1. The monoisotopic (exact) mass is 596 g/mol. The second-order valence-corrected chi connectivity index (χ2v) is 13.3. The molecular formula is C37H44N2O5. The van der Waals surface area contributed by atoms with E-state index in [0.717, 1.165) is 59.4 Å². The van der Waals surface area contributed by atoms with E-state index in [9.17, 15) is 14.4 Å². The van der Waals surface area contributed by atoms with Crippen molar-refractivity contribution in [1.29, 1.82) is 0 Å². The third kappa shape index (κ3) is 6.62. The molecule has 0 aliphatic heterocycles. The number of carbonyl (C=O) groups excluding carboxylic acids is 3. The van der Waals surface area contributed by atoms with Crippen LogP contribution in [0.3, 0.4) is 0 Å². The molecule has 2 amide bonds. The maximum Gasteiger partial charge on any atom is 0.408 e. The molecule has 0 heterocycles. The number of amides is 2. The summed E-state index contributed by atoms with van der Waals surface area (Å²) in [6.07, 6.45) is 5.99. The molecule has 1 atom stereocenters. The number of alkyl carbamates (subject to hydrolysis) is 1. The lowest BCUT2D eigenvalue weighted by Gasteiger charge is -2.53. The second kappa shape index (κ2) is 13.0. The van der Waals surface area contributed by atoms with Gasteiger partial charge in [0.15, 0.2) is 0 Å². The molecule has 3 aromatic rings. The molecule has 7 heteroatoms. The zero-order valence-corrected chi connectivity index (χ0v) is 25.9. The highest BCUT2D eigenvalue weighted by atomic mass is 16.6. The van der Waals surface area contributed by atoms with E-state index in [1.165, 1.54) is 11.3 Å². The summed E-state index contributed by atoms with van der Waals surface area (Å²) < 4.78 is 11.5. The number of hydrogen-bond donors (Lipinski definition) is 1. The quantitative estimate of drug-likeness (QED) is 0.262. The van der Waals surface area contributed by atoms with Crippen molar-refractivity contribution in [1.82, 2.24) is 10.2 Å². The van der Waals surface area contributed by atoms with Crippen molar-refractivity contribution >= 4 is 28.7 Å². The summed E-state index contributed by atoms with van der Waals surface area (Å²) >= 11 is 0. The van der Waals surface area contributed by atoms with Crippen LogP contribution in [0, 0.1) is 23.7 Å². The van der Waals surface area contributed by atoms with Gasteiger partial charge in [-0.05, 0) is 97.9 Å². The summed E-state index contributed by atoms with van der Waals surface area (Å²) in [4.78, 5) is 42.6. The van der Waals surface area contributed by atoms with Gasteiger partial charge in [-0.3, -0.25) is 9.59 Å². The highest BCUT2D eigenvalue weighted by molar-refractivity contribution is 5.93. The van der Waals surface area contributed by atoms with Crippen molar-refractivity contribution in [2.45, 2.75) is 70.4 Å². The maximum absolute atomic E-state index is 14.6. The van der Waals surface area contributed by atoms with Gasteiger partial charge in [0.05, 0.1) is 6.61 Å². The molecule has 44 heavy (non-hydrogen) atoms. The Balaban J connectivity index is 1.27. The van der Waals surface area contributed by atoms with Gasteiger partial charge in [0, 0.05) is 13.0 Å². The van der Waals surface area contributed by atoms with Crippen molar-refractivity contribution in [2.75, 3.05) is 19.7 Å². The predicted octanol–water partition coefficient (Wildman–Crippen LogP) is 6.33. The predicted molar refractivity (Wildman–Crippen MR) is 170 cm³/mol. The molecule has 4 aliphatic carbocycles. The molecule has 232 valence electrons. The lowest BCUT2D eigenvalue weighted by molar-refractivity contribution is -0.151. The second-order valence-electron chi connectivity index (χ2n) is 13.3. The van der Waals surface area contributed by atoms with E-state index in [-0.39, 0.29) is 31.6 Å². The fourth-order valence-corrected chi connectivity index (χ4v) is 8.32. The largest absolute Gasteiger partial charge is 0.465 e.